The third-order valence-electron chi connectivity index (χ3n) is 7.16. The average Bonchev–Trinajstić information content (AvgIpc) is 3.47. The quantitative estimate of drug-likeness (QED) is 0.455. The van der Waals surface area contributed by atoms with Crippen LogP contribution in [0.25, 0.3) is 0 Å². The second kappa shape index (κ2) is 11.1. The van der Waals surface area contributed by atoms with E-state index in [1.165, 1.54) is 4.90 Å². The Hall–Kier alpha value is -3.75. The number of benzene rings is 2. The van der Waals surface area contributed by atoms with Gasteiger partial charge in [0.05, 0.1) is 18.3 Å². The van der Waals surface area contributed by atoms with Gasteiger partial charge in [-0.1, -0.05) is 43.4 Å². The topological polar surface area (TPSA) is 110 Å². The van der Waals surface area contributed by atoms with Gasteiger partial charge in [-0.05, 0) is 43.2 Å². The molecule has 37 heavy (non-hydrogen) atoms. The van der Waals surface area contributed by atoms with Crippen LogP contribution in [0.2, 0.25) is 0 Å². The Morgan fingerprint density at radius 3 is 2.70 bits per heavy atom. The molecule has 0 unspecified atom stereocenters. The molecular formula is C29H33N3O5. The molecule has 2 heterocycles. The number of likely N-dealkylation sites (tertiary alicyclic amines) is 1. The van der Waals surface area contributed by atoms with Crippen LogP contribution in [0.4, 0.5) is 11.4 Å². The number of hydrogen-bond acceptors (Lipinski definition) is 5. The van der Waals surface area contributed by atoms with E-state index in [0.717, 1.165) is 12.8 Å². The van der Waals surface area contributed by atoms with Crippen molar-refractivity contribution in [1.29, 1.82) is 0 Å². The molecule has 8 heteroatoms. The monoisotopic (exact) mass is 503 g/mol. The van der Waals surface area contributed by atoms with E-state index in [1.54, 1.807) is 72.5 Å². The van der Waals surface area contributed by atoms with Gasteiger partial charge in [0.15, 0.2) is 5.60 Å². The molecule has 0 radical (unpaired) electrons. The minimum absolute atomic E-state index is 0.0564. The van der Waals surface area contributed by atoms with E-state index in [9.17, 15) is 24.6 Å². The fraction of sp³-hybridized carbons (Fsp3) is 0.345. The summed E-state index contributed by atoms with van der Waals surface area (Å²) >= 11 is 0. The van der Waals surface area contributed by atoms with Gasteiger partial charge in [-0.25, -0.2) is 0 Å². The summed E-state index contributed by atoms with van der Waals surface area (Å²) in [6, 6.07) is 13.7. The van der Waals surface area contributed by atoms with Gasteiger partial charge >= 0.3 is 0 Å². The van der Waals surface area contributed by atoms with Crippen LogP contribution < -0.4 is 10.2 Å². The third kappa shape index (κ3) is 5.08. The fourth-order valence-corrected chi connectivity index (χ4v) is 5.11. The van der Waals surface area contributed by atoms with E-state index in [4.69, 9.17) is 0 Å². The smallest absolute Gasteiger partial charge is 0.264 e. The minimum Gasteiger partial charge on any atom is -0.394 e. The molecule has 4 rings (SSSR count). The molecule has 0 bridgehead atoms. The van der Waals surface area contributed by atoms with E-state index >= 15 is 0 Å². The number of rotatable bonds is 9. The van der Waals surface area contributed by atoms with Crippen LogP contribution in [-0.2, 0) is 15.2 Å². The van der Waals surface area contributed by atoms with Gasteiger partial charge in [-0.15, -0.1) is 6.58 Å². The third-order valence-corrected chi connectivity index (χ3v) is 7.16. The molecule has 2 aromatic rings. The second-order valence-electron chi connectivity index (χ2n) is 9.51. The number of aliphatic hydroxyl groups is 2. The van der Waals surface area contributed by atoms with Crippen LogP contribution in [0.15, 0.2) is 73.3 Å². The summed E-state index contributed by atoms with van der Waals surface area (Å²) in [4.78, 5) is 41.9. The summed E-state index contributed by atoms with van der Waals surface area (Å²) in [5.41, 5.74) is -0.00950. The Labute approximate surface area is 216 Å². The molecular weight excluding hydrogens is 470 g/mol. The van der Waals surface area contributed by atoms with Gasteiger partial charge in [-0.2, -0.15) is 0 Å². The van der Waals surface area contributed by atoms with Crippen LogP contribution in [0.1, 0.15) is 42.1 Å². The lowest BCUT2D eigenvalue weighted by molar-refractivity contribution is -0.139. The van der Waals surface area contributed by atoms with Crippen molar-refractivity contribution in [2.45, 2.75) is 37.8 Å². The SMILES string of the molecule is C=CCN1C(=O)[C@](O)([C@H](C)/C=C/CC(=O)N2CCC[C@H]2CO)c2cc(NC(=O)c3ccccc3)ccc21. The summed E-state index contributed by atoms with van der Waals surface area (Å²) in [5, 5.41) is 24.1. The van der Waals surface area contributed by atoms with E-state index in [2.05, 4.69) is 11.9 Å². The molecule has 2 aromatic carbocycles. The zero-order chi connectivity index (χ0) is 26.6. The highest BCUT2D eigenvalue weighted by Gasteiger charge is 2.52. The first kappa shape index (κ1) is 26.3. The molecule has 0 saturated carbocycles. The highest BCUT2D eigenvalue weighted by molar-refractivity contribution is 6.09. The summed E-state index contributed by atoms with van der Waals surface area (Å²) in [6.45, 7) is 6.24. The van der Waals surface area contributed by atoms with Crippen LogP contribution in [0.5, 0.6) is 0 Å². The predicted octanol–water partition coefficient (Wildman–Crippen LogP) is 3.22. The lowest BCUT2D eigenvalue weighted by Crippen LogP contribution is -2.44. The van der Waals surface area contributed by atoms with Crippen molar-refractivity contribution in [2.24, 2.45) is 5.92 Å². The summed E-state index contributed by atoms with van der Waals surface area (Å²) in [5.74, 6) is -1.54. The van der Waals surface area contributed by atoms with Crippen LogP contribution in [-0.4, -0.2) is 58.6 Å². The van der Waals surface area contributed by atoms with Gasteiger partial charge in [0.25, 0.3) is 11.8 Å². The van der Waals surface area contributed by atoms with Crippen LogP contribution in [0, 0.1) is 5.92 Å². The number of carbonyl (C=O) groups excluding carboxylic acids is 3. The highest BCUT2D eigenvalue weighted by Crippen LogP contribution is 2.46. The molecule has 3 amide bonds. The lowest BCUT2D eigenvalue weighted by atomic mass is 9.82. The Morgan fingerprint density at radius 1 is 1.24 bits per heavy atom. The van der Waals surface area contributed by atoms with E-state index in [1.807, 2.05) is 6.07 Å². The van der Waals surface area contributed by atoms with Gasteiger partial charge in [0, 0.05) is 42.2 Å². The summed E-state index contributed by atoms with van der Waals surface area (Å²) in [7, 11) is 0. The molecule has 2 aliphatic rings. The molecule has 2 aliphatic heterocycles. The maximum absolute atomic E-state index is 13.5. The minimum atomic E-state index is -1.88. The zero-order valence-corrected chi connectivity index (χ0v) is 21.0. The Balaban J connectivity index is 1.57. The largest absolute Gasteiger partial charge is 0.394 e. The average molecular weight is 504 g/mol. The van der Waals surface area contributed by atoms with Gasteiger partial charge in [0.2, 0.25) is 5.91 Å². The maximum Gasteiger partial charge on any atom is 0.264 e. The number of nitrogens with one attached hydrogen (secondary N) is 1. The number of nitrogens with zero attached hydrogens (tertiary/aromatic N) is 2. The summed E-state index contributed by atoms with van der Waals surface area (Å²) in [6.07, 6.45) is 6.70. The Morgan fingerprint density at radius 2 is 2.00 bits per heavy atom. The number of amides is 3. The van der Waals surface area contributed by atoms with E-state index < -0.39 is 17.4 Å². The number of anilines is 2. The standard InChI is InChI=1S/C29H33N3O5/c1-3-16-32-25-15-14-22(30-27(35)21-10-5-4-6-11-21)18-24(25)29(37,28(32)36)20(2)9-7-13-26(34)31-17-8-12-23(31)19-33/h3-7,9-11,14-15,18,20,23,33,37H,1,8,12-13,16-17,19H2,2H3,(H,30,35)/b9-7+/t20-,23+,29+/m1/s1. The van der Waals surface area contributed by atoms with Crippen molar-refractivity contribution in [2.75, 3.05) is 29.9 Å². The molecule has 3 N–H and O–H groups in total. The van der Waals surface area contributed by atoms with E-state index in [0.29, 0.717) is 29.0 Å². The summed E-state index contributed by atoms with van der Waals surface area (Å²) < 4.78 is 0. The zero-order valence-electron chi connectivity index (χ0n) is 21.0. The van der Waals surface area contributed by atoms with Crippen molar-refractivity contribution < 1.29 is 24.6 Å². The fourth-order valence-electron chi connectivity index (χ4n) is 5.11. The molecule has 194 valence electrons. The number of fused-ring (bicyclic) bond motifs is 1. The molecule has 3 atom stereocenters. The molecule has 0 aromatic heterocycles. The molecule has 8 nitrogen and oxygen atoms in total. The Bertz CT molecular complexity index is 1210. The van der Waals surface area contributed by atoms with Crippen molar-refractivity contribution in [3.05, 3.63) is 84.5 Å². The molecule has 0 spiro atoms. The second-order valence-corrected chi connectivity index (χ2v) is 9.51. The van der Waals surface area contributed by atoms with Crippen molar-refractivity contribution in [3.8, 4) is 0 Å². The first-order valence-corrected chi connectivity index (χ1v) is 12.5. The number of aliphatic hydroxyl groups excluding tert-OH is 1. The van der Waals surface area contributed by atoms with Crippen LogP contribution in [0.3, 0.4) is 0 Å². The normalized spacial score (nSPS) is 21.8. The Kier molecular flexibility index (Phi) is 7.90. The molecule has 0 aliphatic carbocycles. The van der Waals surface area contributed by atoms with Gasteiger partial charge in [-0.3, -0.25) is 14.4 Å². The number of hydrogen-bond donors (Lipinski definition) is 3. The van der Waals surface area contributed by atoms with Crippen molar-refractivity contribution in [1.82, 2.24) is 4.90 Å². The molecule has 1 fully saturated rings. The van der Waals surface area contributed by atoms with Gasteiger partial charge in [0.1, 0.15) is 0 Å². The predicted molar refractivity (Wildman–Crippen MR) is 142 cm³/mol. The first-order chi connectivity index (χ1) is 17.8. The van der Waals surface area contributed by atoms with Gasteiger partial charge < -0.3 is 25.3 Å². The number of carbonyl (C=O) groups is 3. The van der Waals surface area contributed by atoms with Crippen molar-refractivity contribution in [3.63, 3.8) is 0 Å². The molecule has 1 saturated heterocycles. The van der Waals surface area contributed by atoms with Crippen molar-refractivity contribution >= 4 is 29.1 Å². The highest BCUT2D eigenvalue weighted by atomic mass is 16.3. The van der Waals surface area contributed by atoms with Crippen LogP contribution >= 0.6 is 0 Å². The van der Waals surface area contributed by atoms with E-state index in [-0.39, 0.29) is 37.4 Å². The first-order valence-electron chi connectivity index (χ1n) is 12.5. The lowest BCUT2D eigenvalue weighted by Gasteiger charge is -2.27. The maximum atomic E-state index is 13.5.